The maximum atomic E-state index is 10.8. The lowest BCUT2D eigenvalue weighted by Crippen LogP contribution is -1.91. The molecule has 0 saturated heterocycles. The first-order chi connectivity index (χ1) is 8.74. The van der Waals surface area contributed by atoms with Gasteiger partial charge in [0.15, 0.2) is 6.29 Å². The second kappa shape index (κ2) is 7.15. The van der Waals surface area contributed by atoms with Crippen LogP contribution in [0.25, 0.3) is 6.08 Å². The van der Waals surface area contributed by atoms with Gasteiger partial charge in [-0.1, -0.05) is 11.8 Å². The molecule has 0 fully saturated rings. The Kier molecular flexibility index (Phi) is 5.49. The fraction of sp³-hybridized carbons (Fsp3) is 0.214. The van der Waals surface area contributed by atoms with E-state index in [-0.39, 0.29) is 12.2 Å². The van der Waals surface area contributed by atoms with Gasteiger partial charge in [-0.25, -0.2) is 0 Å². The Bertz CT molecular complexity index is 506. The van der Waals surface area contributed by atoms with Crippen molar-refractivity contribution in [2.75, 3.05) is 20.8 Å². The van der Waals surface area contributed by atoms with E-state index in [1.54, 1.807) is 31.4 Å². The van der Waals surface area contributed by atoms with Crippen LogP contribution < -0.4 is 9.47 Å². The molecule has 0 atom stereocenters. The second-order valence-electron chi connectivity index (χ2n) is 3.29. The van der Waals surface area contributed by atoms with E-state index < -0.39 is 0 Å². The molecule has 4 nitrogen and oxygen atoms in total. The van der Waals surface area contributed by atoms with Crippen LogP contribution in [0.4, 0.5) is 0 Å². The molecule has 0 bridgehead atoms. The van der Waals surface area contributed by atoms with Gasteiger partial charge in [-0.15, -0.1) is 0 Å². The van der Waals surface area contributed by atoms with Crippen LogP contribution in [0.3, 0.4) is 0 Å². The summed E-state index contributed by atoms with van der Waals surface area (Å²) in [6, 6.07) is 5.24. The minimum Gasteiger partial charge on any atom is -0.497 e. The van der Waals surface area contributed by atoms with E-state index >= 15 is 0 Å². The molecular formula is C14H14O4. The number of ether oxygens (including phenoxy) is 2. The molecule has 0 aliphatic carbocycles. The number of methoxy groups -OCH3 is 2. The predicted octanol–water partition coefficient (Wildman–Crippen LogP) is 1.28. The van der Waals surface area contributed by atoms with Gasteiger partial charge in [0.05, 0.1) is 19.8 Å². The summed E-state index contributed by atoms with van der Waals surface area (Å²) in [5.41, 5.74) is 0.986. The summed E-state index contributed by atoms with van der Waals surface area (Å²) in [4.78, 5) is 10.8. The topological polar surface area (TPSA) is 55.8 Å². The smallest absolute Gasteiger partial charge is 0.158 e. The predicted molar refractivity (Wildman–Crippen MR) is 68.4 cm³/mol. The summed E-state index contributed by atoms with van der Waals surface area (Å²) >= 11 is 0. The number of aliphatic hydroxyl groups is 1. The van der Waals surface area contributed by atoms with E-state index in [2.05, 4.69) is 11.8 Å². The highest BCUT2D eigenvalue weighted by Crippen LogP contribution is 2.26. The van der Waals surface area contributed by atoms with Gasteiger partial charge < -0.3 is 14.6 Å². The first-order valence-electron chi connectivity index (χ1n) is 5.23. The molecule has 4 heteroatoms. The Labute approximate surface area is 106 Å². The summed E-state index contributed by atoms with van der Waals surface area (Å²) in [7, 11) is 3.10. The van der Waals surface area contributed by atoms with Gasteiger partial charge in [0, 0.05) is 11.6 Å². The van der Waals surface area contributed by atoms with E-state index in [1.165, 1.54) is 7.11 Å². The van der Waals surface area contributed by atoms with Crippen LogP contribution in [0.5, 0.6) is 11.5 Å². The number of carbonyl (C=O) groups is 1. The first kappa shape index (κ1) is 13.8. The van der Waals surface area contributed by atoms with Crippen LogP contribution >= 0.6 is 0 Å². The molecule has 0 amide bonds. The molecule has 0 unspecified atom stereocenters. The summed E-state index contributed by atoms with van der Waals surface area (Å²) in [6.45, 7) is -0.287. The van der Waals surface area contributed by atoms with Gasteiger partial charge in [-0.2, -0.15) is 0 Å². The van der Waals surface area contributed by atoms with Gasteiger partial charge in [-0.05, 0) is 18.2 Å². The molecule has 0 saturated carbocycles. The summed E-state index contributed by atoms with van der Waals surface area (Å²) < 4.78 is 10.3. The van der Waals surface area contributed by atoms with Crippen LogP contribution in [-0.4, -0.2) is 32.2 Å². The van der Waals surface area contributed by atoms with Crippen LogP contribution in [0.1, 0.15) is 5.56 Å². The SMILES string of the molecule is COc1ccc(/C=C(/C#CCO)C=O)c(OC)c1. The Balaban J connectivity index is 3.15. The zero-order valence-electron chi connectivity index (χ0n) is 10.3. The van der Waals surface area contributed by atoms with Gasteiger partial charge in [0.2, 0.25) is 0 Å². The average Bonchev–Trinajstić information content (AvgIpc) is 2.43. The van der Waals surface area contributed by atoms with Gasteiger partial charge in [-0.3, -0.25) is 4.79 Å². The Morgan fingerprint density at radius 2 is 2.17 bits per heavy atom. The largest absolute Gasteiger partial charge is 0.497 e. The highest BCUT2D eigenvalue weighted by atomic mass is 16.5. The lowest BCUT2D eigenvalue weighted by atomic mass is 10.1. The first-order valence-corrected chi connectivity index (χ1v) is 5.23. The number of hydrogen-bond donors (Lipinski definition) is 1. The van der Waals surface area contributed by atoms with E-state index in [9.17, 15) is 4.79 Å². The van der Waals surface area contributed by atoms with Crippen molar-refractivity contribution in [3.05, 3.63) is 29.3 Å². The number of aldehydes is 1. The summed E-state index contributed by atoms with van der Waals surface area (Å²) in [5, 5.41) is 8.59. The Hall–Kier alpha value is -2.25. The average molecular weight is 246 g/mol. The highest BCUT2D eigenvalue weighted by molar-refractivity contribution is 5.88. The van der Waals surface area contributed by atoms with Gasteiger partial charge >= 0.3 is 0 Å². The van der Waals surface area contributed by atoms with Crippen molar-refractivity contribution >= 4 is 12.4 Å². The number of benzene rings is 1. The molecule has 1 rings (SSSR count). The van der Waals surface area contributed by atoms with Crippen molar-refractivity contribution in [2.24, 2.45) is 0 Å². The Morgan fingerprint density at radius 3 is 2.72 bits per heavy atom. The lowest BCUT2D eigenvalue weighted by Gasteiger charge is -2.07. The molecule has 94 valence electrons. The van der Waals surface area contributed by atoms with Crippen LogP contribution in [0.2, 0.25) is 0 Å². The van der Waals surface area contributed by atoms with Crippen molar-refractivity contribution in [2.45, 2.75) is 0 Å². The van der Waals surface area contributed by atoms with Crippen molar-refractivity contribution in [1.29, 1.82) is 0 Å². The molecule has 0 aliphatic rings. The van der Waals surface area contributed by atoms with E-state index in [1.807, 2.05) is 0 Å². The summed E-state index contributed by atoms with van der Waals surface area (Å²) in [5.74, 6) is 6.22. The zero-order valence-corrected chi connectivity index (χ0v) is 10.3. The highest BCUT2D eigenvalue weighted by Gasteiger charge is 2.03. The molecule has 1 aromatic rings. The van der Waals surface area contributed by atoms with Crippen molar-refractivity contribution < 1.29 is 19.4 Å². The normalized spacial score (nSPS) is 10.3. The monoisotopic (exact) mass is 246 g/mol. The molecule has 1 aromatic carbocycles. The quantitative estimate of drug-likeness (QED) is 0.494. The van der Waals surface area contributed by atoms with Crippen molar-refractivity contribution in [3.8, 4) is 23.3 Å². The Morgan fingerprint density at radius 1 is 1.39 bits per heavy atom. The maximum absolute atomic E-state index is 10.8. The van der Waals surface area contributed by atoms with Gasteiger partial charge in [0.25, 0.3) is 0 Å². The molecule has 0 aromatic heterocycles. The molecule has 0 spiro atoms. The van der Waals surface area contributed by atoms with E-state index in [4.69, 9.17) is 14.6 Å². The number of rotatable bonds is 4. The van der Waals surface area contributed by atoms with Gasteiger partial charge in [0.1, 0.15) is 18.1 Å². The van der Waals surface area contributed by atoms with Crippen molar-refractivity contribution in [3.63, 3.8) is 0 Å². The fourth-order valence-corrected chi connectivity index (χ4v) is 1.35. The number of aliphatic hydroxyl groups excluding tert-OH is 1. The molecule has 0 radical (unpaired) electrons. The van der Waals surface area contributed by atoms with Crippen molar-refractivity contribution in [1.82, 2.24) is 0 Å². The van der Waals surface area contributed by atoms with Crippen LogP contribution in [0.15, 0.2) is 23.8 Å². The maximum Gasteiger partial charge on any atom is 0.158 e. The zero-order chi connectivity index (χ0) is 13.4. The second-order valence-corrected chi connectivity index (χ2v) is 3.29. The molecule has 18 heavy (non-hydrogen) atoms. The number of hydrogen-bond acceptors (Lipinski definition) is 4. The molecule has 0 heterocycles. The number of allylic oxidation sites excluding steroid dienone is 1. The molecule has 0 aliphatic heterocycles. The minimum atomic E-state index is -0.287. The number of carbonyl (C=O) groups excluding carboxylic acids is 1. The third-order valence-electron chi connectivity index (χ3n) is 2.19. The third-order valence-corrected chi connectivity index (χ3v) is 2.19. The molecular weight excluding hydrogens is 232 g/mol. The fourth-order valence-electron chi connectivity index (χ4n) is 1.35. The van der Waals surface area contributed by atoms with E-state index in [0.717, 1.165) is 0 Å². The molecule has 1 N–H and O–H groups in total. The lowest BCUT2D eigenvalue weighted by molar-refractivity contribution is -0.104. The standard InChI is InChI=1S/C14H14O4/c1-17-13-6-5-12(14(9-13)18-2)8-11(10-16)4-3-7-15/h5-6,8-10,15H,7H2,1-2H3/b11-8-. The van der Waals surface area contributed by atoms with Crippen LogP contribution in [-0.2, 0) is 4.79 Å². The minimum absolute atomic E-state index is 0.271. The van der Waals surface area contributed by atoms with E-state index in [0.29, 0.717) is 23.3 Å². The third kappa shape index (κ3) is 3.65. The summed E-state index contributed by atoms with van der Waals surface area (Å²) in [6.07, 6.45) is 2.22. The van der Waals surface area contributed by atoms with Crippen LogP contribution in [0, 0.1) is 11.8 Å².